The van der Waals surface area contributed by atoms with Crippen LogP contribution in [0.5, 0.6) is 0 Å². The van der Waals surface area contributed by atoms with E-state index in [2.05, 4.69) is 61.5 Å². The number of rotatable bonds is 5. The fourth-order valence-electron chi connectivity index (χ4n) is 1.88. The van der Waals surface area contributed by atoms with Gasteiger partial charge in [0.25, 0.3) is 0 Å². The Bertz CT molecular complexity index is 474. The minimum atomic E-state index is 1.16. The van der Waals surface area contributed by atoms with Gasteiger partial charge >= 0.3 is 0 Å². The maximum Gasteiger partial charge on any atom is 0.0150 e. The van der Waals surface area contributed by atoms with Crippen LogP contribution in [0.25, 0.3) is 10.8 Å². The van der Waals surface area contributed by atoms with Crippen molar-refractivity contribution >= 4 is 22.5 Å². The van der Waals surface area contributed by atoms with Gasteiger partial charge in [-0.2, -0.15) is 0 Å². The van der Waals surface area contributed by atoms with Gasteiger partial charge in [-0.05, 0) is 49.7 Å². The van der Waals surface area contributed by atoms with Crippen LogP contribution < -0.4 is 0 Å². The standard InChI is InChI=1S/C15H19NS/c1-16(2)11-6-12-17-15-10-5-8-13-7-3-4-9-14(13)15/h3-5,7-10H,6,11-12H2,1-2H3. The summed E-state index contributed by atoms with van der Waals surface area (Å²) in [6.07, 6.45) is 1.24. The molecule has 0 amide bonds. The Labute approximate surface area is 108 Å². The Balaban J connectivity index is 2.03. The first-order chi connectivity index (χ1) is 8.27. The fraction of sp³-hybridized carbons (Fsp3) is 0.333. The topological polar surface area (TPSA) is 3.24 Å². The first-order valence-corrected chi connectivity index (χ1v) is 7.01. The molecule has 0 heterocycles. The number of benzene rings is 2. The first-order valence-electron chi connectivity index (χ1n) is 6.02. The predicted octanol–water partition coefficient (Wildman–Crippen LogP) is 3.88. The van der Waals surface area contributed by atoms with Gasteiger partial charge in [0.05, 0.1) is 0 Å². The summed E-state index contributed by atoms with van der Waals surface area (Å²) in [6.45, 7) is 1.16. The summed E-state index contributed by atoms with van der Waals surface area (Å²) in [5, 5.41) is 2.72. The number of thioether (sulfide) groups is 1. The molecule has 0 aliphatic carbocycles. The highest BCUT2D eigenvalue weighted by molar-refractivity contribution is 7.99. The zero-order chi connectivity index (χ0) is 12.1. The van der Waals surface area contributed by atoms with Gasteiger partial charge in [-0.15, -0.1) is 11.8 Å². The average molecular weight is 245 g/mol. The second-order valence-electron chi connectivity index (χ2n) is 4.48. The van der Waals surface area contributed by atoms with Crippen molar-refractivity contribution in [2.45, 2.75) is 11.3 Å². The van der Waals surface area contributed by atoms with Crippen LogP contribution in [0.2, 0.25) is 0 Å². The molecule has 2 heteroatoms. The van der Waals surface area contributed by atoms with E-state index in [1.165, 1.54) is 27.8 Å². The third-order valence-electron chi connectivity index (χ3n) is 2.76. The van der Waals surface area contributed by atoms with Crippen molar-refractivity contribution in [1.82, 2.24) is 4.90 Å². The molecule has 0 fully saturated rings. The number of hydrogen-bond acceptors (Lipinski definition) is 2. The summed E-state index contributed by atoms with van der Waals surface area (Å²) in [7, 11) is 4.26. The van der Waals surface area contributed by atoms with E-state index in [-0.39, 0.29) is 0 Å². The first kappa shape index (κ1) is 12.5. The molecule has 0 spiro atoms. The van der Waals surface area contributed by atoms with E-state index in [0.29, 0.717) is 0 Å². The van der Waals surface area contributed by atoms with Crippen molar-refractivity contribution in [3.63, 3.8) is 0 Å². The van der Waals surface area contributed by atoms with E-state index in [1.54, 1.807) is 0 Å². The Kier molecular flexibility index (Phi) is 4.46. The Hall–Kier alpha value is -0.990. The number of fused-ring (bicyclic) bond motifs is 1. The summed E-state index contributed by atoms with van der Waals surface area (Å²) in [5.74, 6) is 1.19. The van der Waals surface area contributed by atoms with Gasteiger partial charge in [-0.1, -0.05) is 36.4 Å². The summed E-state index contributed by atoms with van der Waals surface area (Å²) < 4.78 is 0. The Morgan fingerprint density at radius 1 is 1.00 bits per heavy atom. The molecule has 2 rings (SSSR count). The van der Waals surface area contributed by atoms with Crippen molar-refractivity contribution < 1.29 is 0 Å². The molecule has 90 valence electrons. The van der Waals surface area contributed by atoms with Gasteiger partial charge in [0.1, 0.15) is 0 Å². The van der Waals surface area contributed by atoms with Crippen LogP contribution in [0.4, 0.5) is 0 Å². The van der Waals surface area contributed by atoms with Crippen molar-refractivity contribution in [2.24, 2.45) is 0 Å². The zero-order valence-electron chi connectivity index (χ0n) is 10.5. The van der Waals surface area contributed by atoms with Gasteiger partial charge in [-0.3, -0.25) is 0 Å². The molecule has 0 aliphatic rings. The van der Waals surface area contributed by atoms with Gasteiger partial charge < -0.3 is 4.90 Å². The lowest BCUT2D eigenvalue weighted by molar-refractivity contribution is 0.410. The second kappa shape index (κ2) is 6.08. The minimum absolute atomic E-state index is 1.16. The lowest BCUT2D eigenvalue weighted by atomic mass is 10.1. The van der Waals surface area contributed by atoms with E-state index in [0.717, 1.165) is 6.54 Å². The lowest BCUT2D eigenvalue weighted by Gasteiger charge is -2.09. The van der Waals surface area contributed by atoms with Gasteiger partial charge in [0, 0.05) is 4.90 Å². The van der Waals surface area contributed by atoms with E-state index < -0.39 is 0 Å². The van der Waals surface area contributed by atoms with Gasteiger partial charge in [-0.25, -0.2) is 0 Å². The molecule has 1 nitrogen and oxygen atoms in total. The van der Waals surface area contributed by atoms with Crippen molar-refractivity contribution in [3.05, 3.63) is 42.5 Å². The van der Waals surface area contributed by atoms with Crippen LogP contribution in [0, 0.1) is 0 Å². The average Bonchev–Trinajstić information content (AvgIpc) is 2.34. The number of nitrogens with zero attached hydrogens (tertiary/aromatic N) is 1. The van der Waals surface area contributed by atoms with Crippen LogP contribution in [-0.4, -0.2) is 31.3 Å². The van der Waals surface area contributed by atoms with Crippen LogP contribution in [0.15, 0.2) is 47.4 Å². The van der Waals surface area contributed by atoms with Crippen LogP contribution in [0.1, 0.15) is 6.42 Å². The second-order valence-corrected chi connectivity index (χ2v) is 5.62. The van der Waals surface area contributed by atoms with Crippen molar-refractivity contribution in [2.75, 3.05) is 26.4 Å². The van der Waals surface area contributed by atoms with E-state index in [1.807, 2.05) is 11.8 Å². The van der Waals surface area contributed by atoms with Crippen LogP contribution in [-0.2, 0) is 0 Å². The summed E-state index contributed by atoms with van der Waals surface area (Å²) >= 11 is 1.97. The SMILES string of the molecule is CN(C)CCCSc1cccc2ccccc12. The molecule has 0 radical (unpaired) electrons. The smallest absolute Gasteiger partial charge is 0.0150 e. The summed E-state index contributed by atoms with van der Waals surface area (Å²) in [4.78, 5) is 3.64. The van der Waals surface area contributed by atoms with Gasteiger partial charge in [0.2, 0.25) is 0 Å². The molecule has 0 saturated carbocycles. The molecule has 0 bridgehead atoms. The summed E-state index contributed by atoms with van der Waals surface area (Å²) in [6, 6.07) is 15.2. The highest BCUT2D eigenvalue weighted by Gasteiger charge is 2.00. The normalized spacial score (nSPS) is 11.2. The third-order valence-corrected chi connectivity index (χ3v) is 3.92. The molecule has 17 heavy (non-hydrogen) atoms. The zero-order valence-corrected chi connectivity index (χ0v) is 11.3. The molecule has 0 N–H and O–H groups in total. The highest BCUT2D eigenvalue weighted by Crippen LogP contribution is 2.27. The molecule has 0 aromatic heterocycles. The maximum atomic E-state index is 2.24. The molecule has 2 aromatic carbocycles. The van der Waals surface area contributed by atoms with Crippen molar-refractivity contribution in [1.29, 1.82) is 0 Å². The maximum absolute atomic E-state index is 2.24. The molecule has 0 aliphatic heterocycles. The Morgan fingerprint density at radius 2 is 1.76 bits per heavy atom. The lowest BCUT2D eigenvalue weighted by Crippen LogP contribution is -2.13. The quantitative estimate of drug-likeness (QED) is 0.581. The Morgan fingerprint density at radius 3 is 2.59 bits per heavy atom. The van der Waals surface area contributed by atoms with Crippen LogP contribution >= 0.6 is 11.8 Å². The van der Waals surface area contributed by atoms with Gasteiger partial charge in [0.15, 0.2) is 0 Å². The van der Waals surface area contributed by atoms with Crippen LogP contribution in [0.3, 0.4) is 0 Å². The third kappa shape index (κ3) is 3.48. The molecule has 0 saturated heterocycles. The van der Waals surface area contributed by atoms with E-state index >= 15 is 0 Å². The molecular formula is C15H19NS. The largest absolute Gasteiger partial charge is 0.309 e. The predicted molar refractivity (Wildman–Crippen MR) is 77.8 cm³/mol. The monoisotopic (exact) mass is 245 g/mol. The fourth-order valence-corrected chi connectivity index (χ4v) is 2.89. The molecular weight excluding hydrogens is 226 g/mol. The minimum Gasteiger partial charge on any atom is -0.309 e. The molecule has 2 aromatic rings. The molecule has 0 unspecified atom stereocenters. The molecule has 0 atom stereocenters. The summed E-state index contributed by atoms with van der Waals surface area (Å²) in [5.41, 5.74) is 0. The van der Waals surface area contributed by atoms with Crippen molar-refractivity contribution in [3.8, 4) is 0 Å². The highest BCUT2D eigenvalue weighted by atomic mass is 32.2. The van der Waals surface area contributed by atoms with E-state index in [9.17, 15) is 0 Å². The number of hydrogen-bond donors (Lipinski definition) is 0. The van der Waals surface area contributed by atoms with E-state index in [4.69, 9.17) is 0 Å².